The van der Waals surface area contributed by atoms with E-state index in [1.54, 1.807) is 13.0 Å². The van der Waals surface area contributed by atoms with Gasteiger partial charge in [-0.25, -0.2) is 9.37 Å². The number of primary amides is 1. The van der Waals surface area contributed by atoms with Gasteiger partial charge in [0.1, 0.15) is 22.6 Å². The van der Waals surface area contributed by atoms with Crippen LogP contribution in [-0.2, 0) is 4.79 Å². The number of thiazole rings is 1. The molecule has 0 radical (unpaired) electrons. The second-order valence-corrected chi connectivity index (χ2v) is 8.54. The van der Waals surface area contributed by atoms with Crippen molar-refractivity contribution >= 4 is 39.7 Å². The van der Waals surface area contributed by atoms with Crippen molar-refractivity contribution in [1.29, 1.82) is 0 Å². The highest BCUT2D eigenvalue weighted by molar-refractivity contribution is 7.18. The number of hydrogen-bond donors (Lipinski definition) is 2. The van der Waals surface area contributed by atoms with Gasteiger partial charge in [-0.15, -0.1) is 0 Å². The number of carbonyl (C=O) groups excluding carboxylic acids is 2. The number of nitrogens with zero attached hydrogens (tertiary/aromatic N) is 3. The van der Waals surface area contributed by atoms with Gasteiger partial charge in [0.05, 0.1) is 5.69 Å². The minimum absolute atomic E-state index is 0.00704. The highest BCUT2D eigenvalue weighted by atomic mass is 32.1. The first-order valence-electron chi connectivity index (χ1n) is 9.97. The van der Waals surface area contributed by atoms with E-state index in [1.807, 2.05) is 0 Å². The molecule has 1 aliphatic carbocycles. The summed E-state index contributed by atoms with van der Waals surface area (Å²) < 4.78 is 18.7. The fourth-order valence-corrected chi connectivity index (χ4v) is 4.77. The first kappa shape index (κ1) is 21.0. The minimum atomic E-state index is -0.807. The molecule has 3 aromatic rings. The Morgan fingerprint density at radius 2 is 1.94 bits per heavy atom. The number of anilines is 3. The molecule has 2 heterocycles. The Kier molecular flexibility index (Phi) is 5.73. The van der Waals surface area contributed by atoms with Crippen molar-refractivity contribution in [3.05, 3.63) is 52.5 Å². The first-order valence-corrected chi connectivity index (χ1v) is 10.8. The molecular formula is C21H22FN5O3S. The lowest BCUT2D eigenvalue weighted by atomic mass is 10.0. The molecular weight excluding hydrogens is 421 g/mol. The van der Waals surface area contributed by atoms with Crippen LogP contribution >= 0.6 is 11.3 Å². The van der Waals surface area contributed by atoms with E-state index >= 15 is 0 Å². The van der Waals surface area contributed by atoms with E-state index in [9.17, 15) is 14.0 Å². The van der Waals surface area contributed by atoms with Crippen LogP contribution < -0.4 is 16.4 Å². The molecule has 1 saturated carbocycles. The van der Waals surface area contributed by atoms with Gasteiger partial charge in [-0.1, -0.05) is 29.3 Å². The summed E-state index contributed by atoms with van der Waals surface area (Å²) in [5, 5.41) is 4.35. The summed E-state index contributed by atoms with van der Waals surface area (Å²) in [6, 6.07) is 6.38. The largest absolute Gasteiger partial charge is 0.382 e. The van der Waals surface area contributed by atoms with E-state index in [0.29, 0.717) is 11.6 Å². The van der Waals surface area contributed by atoms with Gasteiger partial charge in [0.25, 0.3) is 0 Å². The normalized spacial score (nSPS) is 15.2. The minimum Gasteiger partial charge on any atom is -0.382 e. The first-order chi connectivity index (χ1) is 14.8. The second-order valence-electron chi connectivity index (χ2n) is 7.56. The Hall–Kier alpha value is -3.27. The Balaban J connectivity index is 1.66. The van der Waals surface area contributed by atoms with Crippen molar-refractivity contribution in [3.63, 3.8) is 0 Å². The molecule has 1 unspecified atom stereocenters. The molecule has 162 valence electrons. The smallest absolute Gasteiger partial charge is 0.244 e. The lowest BCUT2D eigenvalue weighted by molar-refractivity contribution is -0.118. The van der Waals surface area contributed by atoms with E-state index in [4.69, 9.17) is 16.0 Å². The standard InChI is InChI=1S/C21H22FN5O3S/c1-11(20(24)29)27(14-8-6-13(22)7-9-14)21-25-19(23)18(31-21)17(28)16-10-15(26-30-16)12-4-2-3-5-12/h6-12H,2-5,23H2,1H3,(H2,24,29). The molecule has 0 aliphatic heterocycles. The van der Waals surface area contributed by atoms with E-state index < -0.39 is 23.5 Å². The lowest BCUT2D eigenvalue weighted by Gasteiger charge is -2.26. The van der Waals surface area contributed by atoms with Crippen LogP contribution in [-0.4, -0.2) is 27.9 Å². The van der Waals surface area contributed by atoms with Gasteiger partial charge in [0, 0.05) is 17.7 Å². The van der Waals surface area contributed by atoms with Crippen LogP contribution in [0.1, 0.15) is 59.7 Å². The molecule has 4 N–H and O–H groups in total. The van der Waals surface area contributed by atoms with E-state index in [1.165, 1.54) is 29.2 Å². The van der Waals surface area contributed by atoms with Crippen molar-refractivity contribution in [2.24, 2.45) is 5.73 Å². The number of rotatable bonds is 7. The van der Waals surface area contributed by atoms with Crippen molar-refractivity contribution < 1.29 is 18.5 Å². The summed E-state index contributed by atoms with van der Waals surface area (Å²) in [7, 11) is 0. The van der Waals surface area contributed by atoms with Crippen molar-refractivity contribution in [1.82, 2.24) is 10.1 Å². The summed E-state index contributed by atoms with van der Waals surface area (Å²) in [5.74, 6) is -1.04. The Bertz CT molecular complexity index is 1100. The summed E-state index contributed by atoms with van der Waals surface area (Å²) in [4.78, 5) is 30.9. The van der Waals surface area contributed by atoms with Gasteiger partial charge in [-0.2, -0.15) is 0 Å². The number of nitrogens with two attached hydrogens (primary N) is 2. The quantitative estimate of drug-likeness (QED) is 0.532. The second kappa shape index (κ2) is 8.46. The van der Waals surface area contributed by atoms with Crippen LogP contribution in [0.25, 0.3) is 0 Å². The zero-order chi connectivity index (χ0) is 22.1. The highest BCUT2D eigenvalue weighted by Gasteiger charge is 2.29. The van der Waals surface area contributed by atoms with Crippen LogP contribution in [0.5, 0.6) is 0 Å². The van der Waals surface area contributed by atoms with Gasteiger partial charge >= 0.3 is 0 Å². The lowest BCUT2D eigenvalue weighted by Crippen LogP contribution is -2.39. The highest BCUT2D eigenvalue weighted by Crippen LogP contribution is 2.37. The molecule has 0 bridgehead atoms. The van der Waals surface area contributed by atoms with E-state index in [0.717, 1.165) is 42.7 Å². The molecule has 0 saturated heterocycles. The fraction of sp³-hybridized carbons (Fsp3) is 0.333. The van der Waals surface area contributed by atoms with Crippen LogP contribution in [0.3, 0.4) is 0 Å². The summed E-state index contributed by atoms with van der Waals surface area (Å²) in [6.45, 7) is 1.59. The van der Waals surface area contributed by atoms with Crippen LogP contribution in [0.2, 0.25) is 0 Å². The maximum Gasteiger partial charge on any atom is 0.244 e. The number of amides is 1. The molecule has 0 spiro atoms. The molecule has 8 nitrogen and oxygen atoms in total. The molecule has 2 aromatic heterocycles. The summed E-state index contributed by atoms with van der Waals surface area (Å²) >= 11 is 1.01. The van der Waals surface area contributed by atoms with Gasteiger partial charge < -0.3 is 20.9 Å². The molecule has 1 aromatic carbocycles. The molecule has 31 heavy (non-hydrogen) atoms. The SMILES string of the molecule is CC(C(N)=O)N(c1ccc(F)cc1)c1nc(N)c(C(=O)c2cc(C3CCCC3)no2)s1. The number of aromatic nitrogens is 2. The van der Waals surface area contributed by atoms with Crippen molar-refractivity contribution in [3.8, 4) is 0 Å². The summed E-state index contributed by atoms with van der Waals surface area (Å²) in [5.41, 5.74) is 12.8. The third kappa shape index (κ3) is 4.15. The fourth-order valence-electron chi connectivity index (χ4n) is 3.74. The van der Waals surface area contributed by atoms with Crippen LogP contribution in [0.15, 0.2) is 34.9 Å². The molecule has 4 rings (SSSR count). The molecule has 10 heteroatoms. The van der Waals surface area contributed by atoms with Crippen LogP contribution in [0.4, 0.5) is 21.0 Å². The molecule has 1 fully saturated rings. The topological polar surface area (TPSA) is 128 Å². The Morgan fingerprint density at radius 3 is 2.58 bits per heavy atom. The zero-order valence-electron chi connectivity index (χ0n) is 16.9. The Labute approximate surface area is 182 Å². The maximum atomic E-state index is 13.4. The third-order valence-corrected chi connectivity index (χ3v) is 6.55. The summed E-state index contributed by atoms with van der Waals surface area (Å²) in [6.07, 6.45) is 4.35. The third-order valence-electron chi connectivity index (χ3n) is 5.48. The number of benzene rings is 1. The molecule has 1 amide bonds. The van der Waals surface area contributed by atoms with Gasteiger partial charge in [0.2, 0.25) is 17.5 Å². The van der Waals surface area contributed by atoms with E-state index in [-0.39, 0.29) is 21.6 Å². The van der Waals surface area contributed by atoms with Gasteiger partial charge in [-0.05, 0) is 44.0 Å². The number of hydrogen-bond acceptors (Lipinski definition) is 8. The van der Waals surface area contributed by atoms with Gasteiger partial charge in [-0.3, -0.25) is 9.59 Å². The number of ketones is 1. The van der Waals surface area contributed by atoms with E-state index in [2.05, 4.69) is 10.1 Å². The predicted octanol–water partition coefficient (Wildman–Crippen LogP) is 3.75. The monoisotopic (exact) mass is 443 g/mol. The zero-order valence-corrected chi connectivity index (χ0v) is 17.7. The number of nitrogen functional groups attached to an aromatic ring is 1. The average molecular weight is 444 g/mol. The maximum absolute atomic E-state index is 13.4. The van der Waals surface area contributed by atoms with Crippen LogP contribution in [0, 0.1) is 5.82 Å². The molecule has 1 aliphatic rings. The average Bonchev–Trinajstić information content (AvgIpc) is 3.49. The predicted molar refractivity (Wildman–Crippen MR) is 115 cm³/mol. The van der Waals surface area contributed by atoms with Crippen molar-refractivity contribution in [2.45, 2.75) is 44.6 Å². The number of halogens is 1. The number of carbonyl (C=O) groups is 2. The van der Waals surface area contributed by atoms with Crippen molar-refractivity contribution in [2.75, 3.05) is 10.6 Å². The molecule has 1 atom stereocenters. The van der Waals surface area contributed by atoms with Gasteiger partial charge in [0.15, 0.2) is 5.13 Å². The Morgan fingerprint density at radius 1 is 1.26 bits per heavy atom.